The maximum Gasteiger partial charge on any atom is 0.301 e. The first kappa shape index (κ1) is 8.81. The molecule has 0 aromatic rings. The lowest BCUT2D eigenvalue weighted by molar-refractivity contribution is -0.110. The van der Waals surface area contributed by atoms with Gasteiger partial charge in [0.25, 0.3) is 5.05 Å². The van der Waals surface area contributed by atoms with Gasteiger partial charge in [0.15, 0.2) is 0 Å². The highest BCUT2D eigenvalue weighted by molar-refractivity contribution is 7.82. The van der Waals surface area contributed by atoms with Crippen LogP contribution in [0.3, 0.4) is 0 Å². The number of nitrogens with zero attached hydrogens (tertiary/aromatic N) is 1. The molecule has 0 N–H and O–H groups in total. The summed E-state index contributed by atoms with van der Waals surface area (Å²) in [5.74, 6) is 0. The third kappa shape index (κ3) is 4.32. The van der Waals surface area contributed by atoms with Crippen LogP contribution < -0.4 is 0 Å². The molecule has 0 aliphatic heterocycles. The van der Waals surface area contributed by atoms with E-state index in [1.165, 1.54) is 5.06 Å². The molecule has 0 atom stereocenters. The van der Waals surface area contributed by atoms with Gasteiger partial charge in [-0.2, -0.15) is 0 Å². The first-order chi connectivity index (χ1) is 4.04. The van der Waals surface area contributed by atoms with Gasteiger partial charge >= 0.3 is 5.24 Å². The summed E-state index contributed by atoms with van der Waals surface area (Å²) in [7, 11) is 3.21. The van der Waals surface area contributed by atoms with Crippen LogP contribution >= 0.6 is 23.8 Å². The van der Waals surface area contributed by atoms with Crippen molar-refractivity contribution in [3.05, 3.63) is 0 Å². The van der Waals surface area contributed by atoms with E-state index in [1.807, 2.05) is 0 Å². The summed E-state index contributed by atoms with van der Waals surface area (Å²) in [4.78, 5) is 14.7. The van der Waals surface area contributed by atoms with E-state index in [4.69, 9.17) is 11.6 Å². The normalized spacial score (nSPS) is 9.33. The Kier molecular flexibility index (Phi) is 3.68. The van der Waals surface area contributed by atoms with Crippen LogP contribution in [0.15, 0.2) is 0 Å². The fourth-order valence-corrected chi connectivity index (χ4v) is 0.385. The summed E-state index contributed by atoms with van der Waals surface area (Å²) in [6.07, 6.45) is 0. The van der Waals surface area contributed by atoms with Gasteiger partial charge in [0, 0.05) is 14.1 Å². The highest BCUT2D eigenvalue weighted by Crippen LogP contribution is 1.90. The second-order valence-corrected chi connectivity index (χ2v) is 2.18. The van der Waals surface area contributed by atoms with Crippen LogP contribution in [0.25, 0.3) is 0 Å². The van der Waals surface area contributed by atoms with Crippen molar-refractivity contribution in [1.82, 2.24) is 5.06 Å². The van der Waals surface area contributed by atoms with Crippen LogP contribution in [0.2, 0.25) is 0 Å². The second-order valence-electron chi connectivity index (χ2n) is 1.46. The molecule has 0 bridgehead atoms. The molecular formula is C4H6ClNO2S. The maximum absolute atomic E-state index is 10.2. The van der Waals surface area contributed by atoms with Gasteiger partial charge < -0.3 is 4.84 Å². The minimum absolute atomic E-state index is 0.235. The summed E-state index contributed by atoms with van der Waals surface area (Å²) in [6.45, 7) is 0. The molecule has 0 fully saturated rings. The summed E-state index contributed by atoms with van der Waals surface area (Å²) in [6, 6.07) is 0. The molecule has 52 valence electrons. The van der Waals surface area contributed by atoms with E-state index in [1.54, 1.807) is 14.1 Å². The first-order valence-corrected chi connectivity index (χ1v) is 2.91. The van der Waals surface area contributed by atoms with Gasteiger partial charge in [-0.3, -0.25) is 4.79 Å². The van der Waals surface area contributed by atoms with Crippen molar-refractivity contribution in [2.75, 3.05) is 14.1 Å². The average molecular weight is 168 g/mol. The third-order valence-electron chi connectivity index (χ3n) is 0.426. The number of carbonyl (C=O) groups is 1. The van der Waals surface area contributed by atoms with Gasteiger partial charge in [0.2, 0.25) is 0 Å². The van der Waals surface area contributed by atoms with Crippen molar-refractivity contribution in [3.8, 4) is 0 Å². The zero-order valence-electron chi connectivity index (χ0n) is 5.05. The Morgan fingerprint density at radius 2 is 2.11 bits per heavy atom. The number of rotatable bonds is 2. The summed E-state index contributed by atoms with van der Waals surface area (Å²) in [5.41, 5.74) is 0. The van der Waals surface area contributed by atoms with Crippen molar-refractivity contribution in [3.63, 3.8) is 0 Å². The zero-order chi connectivity index (χ0) is 7.44. The Hall–Kier alpha value is -0.190. The Bertz CT molecular complexity index is 137. The van der Waals surface area contributed by atoms with E-state index in [0.717, 1.165) is 0 Å². The van der Waals surface area contributed by atoms with Crippen molar-refractivity contribution in [2.24, 2.45) is 0 Å². The average Bonchev–Trinajstić information content (AvgIpc) is 1.63. The number of halogens is 1. The molecule has 0 saturated heterocycles. The molecule has 0 radical (unpaired) electrons. The lowest BCUT2D eigenvalue weighted by atomic mass is 10.8. The van der Waals surface area contributed by atoms with Crippen LogP contribution in [0.4, 0.5) is 0 Å². The monoisotopic (exact) mass is 167 g/mol. The fourth-order valence-electron chi connectivity index (χ4n) is 0.202. The van der Waals surface area contributed by atoms with E-state index in [9.17, 15) is 4.79 Å². The number of hydroxylamine groups is 2. The largest absolute Gasteiger partial charge is 0.389 e. The van der Waals surface area contributed by atoms with Gasteiger partial charge in [-0.25, -0.2) is 0 Å². The van der Waals surface area contributed by atoms with Crippen LogP contribution in [0, 0.1) is 0 Å². The Morgan fingerprint density at radius 3 is 2.22 bits per heavy atom. The Morgan fingerprint density at radius 1 is 1.67 bits per heavy atom. The molecule has 3 nitrogen and oxygen atoms in total. The molecule has 0 aromatic heterocycles. The summed E-state index contributed by atoms with van der Waals surface area (Å²) in [5, 5.41) is 0.308. The van der Waals surface area contributed by atoms with Gasteiger partial charge in [-0.1, -0.05) is 0 Å². The van der Waals surface area contributed by atoms with Gasteiger partial charge in [0.05, 0.1) is 0 Å². The number of carbonyl (C=O) groups excluding carboxylic acids is 1. The predicted octanol–water partition coefficient (Wildman–Crippen LogP) is 0.572. The topological polar surface area (TPSA) is 29.5 Å². The standard InChI is InChI=1S/C4H6ClNO2S/c1-6(2)8-4(9)3(5)7/h1-2H3. The smallest absolute Gasteiger partial charge is 0.301 e. The van der Waals surface area contributed by atoms with Crippen molar-refractivity contribution in [2.45, 2.75) is 0 Å². The first-order valence-electron chi connectivity index (χ1n) is 2.13. The van der Waals surface area contributed by atoms with Crippen LogP contribution in [0.1, 0.15) is 0 Å². The van der Waals surface area contributed by atoms with Crippen LogP contribution in [-0.4, -0.2) is 29.5 Å². The molecule has 0 amide bonds. The highest BCUT2D eigenvalue weighted by atomic mass is 35.5. The van der Waals surface area contributed by atoms with E-state index >= 15 is 0 Å². The van der Waals surface area contributed by atoms with E-state index in [-0.39, 0.29) is 5.05 Å². The van der Waals surface area contributed by atoms with Gasteiger partial charge in [-0.15, -0.1) is 5.06 Å². The van der Waals surface area contributed by atoms with Gasteiger partial charge in [0.1, 0.15) is 0 Å². The SMILES string of the molecule is CN(C)OC(=S)C(=O)Cl. The third-order valence-corrected chi connectivity index (χ3v) is 0.970. The number of thiocarbonyl (C=S) groups is 1. The number of hydrogen-bond acceptors (Lipinski definition) is 4. The van der Waals surface area contributed by atoms with Crippen molar-refractivity contribution < 1.29 is 9.63 Å². The fraction of sp³-hybridized carbons (Fsp3) is 0.500. The molecule has 0 unspecified atom stereocenters. The molecule has 0 aromatic carbocycles. The summed E-state index contributed by atoms with van der Waals surface area (Å²) < 4.78 is 0. The summed E-state index contributed by atoms with van der Waals surface area (Å²) >= 11 is 9.35. The minimum atomic E-state index is -0.751. The molecule has 0 saturated carbocycles. The molecule has 5 heteroatoms. The molecule has 0 heterocycles. The maximum atomic E-state index is 10.2. The minimum Gasteiger partial charge on any atom is -0.389 e. The van der Waals surface area contributed by atoms with E-state index in [0.29, 0.717) is 0 Å². The molecule has 0 rings (SSSR count). The molecular weight excluding hydrogens is 162 g/mol. The van der Waals surface area contributed by atoms with Crippen molar-refractivity contribution >= 4 is 34.1 Å². The lowest BCUT2D eigenvalue weighted by Crippen LogP contribution is -2.20. The van der Waals surface area contributed by atoms with Crippen LogP contribution in [0.5, 0.6) is 0 Å². The van der Waals surface area contributed by atoms with E-state index < -0.39 is 5.24 Å². The Balaban J connectivity index is 3.65. The second kappa shape index (κ2) is 3.76. The molecule has 0 aliphatic rings. The van der Waals surface area contributed by atoms with Crippen LogP contribution in [-0.2, 0) is 9.63 Å². The predicted molar refractivity (Wildman–Crippen MR) is 38.2 cm³/mol. The number of hydrogen-bond donors (Lipinski definition) is 0. The highest BCUT2D eigenvalue weighted by Gasteiger charge is 2.06. The quantitative estimate of drug-likeness (QED) is 0.342. The van der Waals surface area contributed by atoms with Crippen molar-refractivity contribution in [1.29, 1.82) is 0 Å². The van der Waals surface area contributed by atoms with Gasteiger partial charge in [-0.05, 0) is 23.8 Å². The lowest BCUT2D eigenvalue weighted by Gasteiger charge is -2.08. The zero-order valence-corrected chi connectivity index (χ0v) is 6.62. The molecule has 0 aliphatic carbocycles. The molecule has 0 spiro atoms. The van der Waals surface area contributed by atoms with E-state index in [2.05, 4.69) is 17.1 Å². The molecule has 9 heavy (non-hydrogen) atoms. The Labute approximate surface area is 63.5 Å².